The third-order valence-corrected chi connectivity index (χ3v) is 3.31. The first kappa shape index (κ1) is 12.6. The highest BCUT2D eigenvalue weighted by Gasteiger charge is 2.24. The van der Waals surface area contributed by atoms with Crippen LogP contribution >= 0.6 is 0 Å². The largest absolute Gasteiger partial charge is 0.370 e. The second-order valence-electron chi connectivity index (χ2n) is 4.63. The zero-order valence-corrected chi connectivity index (χ0v) is 10.3. The lowest BCUT2D eigenvalue weighted by Crippen LogP contribution is -2.20. The van der Waals surface area contributed by atoms with Crippen molar-refractivity contribution in [3.8, 4) is 0 Å². The van der Waals surface area contributed by atoms with E-state index >= 15 is 0 Å². The minimum atomic E-state index is -0.346. The van der Waals surface area contributed by atoms with E-state index in [-0.39, 0.29) is 24.3 Å². The van der Waals surface area contributed by atoms with Crippen molar-refractivity contribution in [3.63, 3.8) is 0 Å². The zero-order chi connectivity index (χ0) is 13.3. The van der Waals surface area contributed by atoms with E-state index in [0.29, 0.717) is 12.8 Å². The van der Waals surface area contributed by atoms with E-state index in [1.54, 1.807) is 11.9 Å². The number of carbonyl (C=O) groups is 2. The number of hydrogen-bond donors (Lipinski definition) is 2. The Morgan fingerprint density at radius 3 is 2.89 bits per heavy atom. The Hall–Kier alpha value is -1.88. The number of fused-ring (bicyclic) bond motifs is 1. The van der Waals surface area contributed by atoms with Gasteiger partial charge in [-0.1, -0.05) is 12.1 Å². The van der Waals surface area contributed by atoms with Gasteiger partial charge in [0, 0.05) is 25.2 Å². The predicted molar refractivity (Wildman–Crippen MR) is 68.9 cm³/mol. The second-order valence-corrected chi connectivity index (χ2v) is 4.63. The van der Waals surface area contributed by atoms with Gasteiger partial charge in [0.2, 0.25) is 11.8 Å². The molecule has 0 spiro atoms. The van der Waals surface area contributed by atoms with Gasteiger partial charge in [0.1, 0.15) is 0 Å². The number of nitrogens with two attached hydrogens (primary N) is 2. The van der Waals surface area contributed by atoms with Crippen molar-refractivity contribution < 1.29 is 9.59 Å². The Morgan fingerprint density at radius 2 is 2.22 bits per heavy atom. The number of carbonyl (C=O) groups excluding carboxylic acids is 2. The van der Waals surface area contributed by atoms with Crippen LogP contribution in [-0.4, -0.2) is 18.9 Å². The van der Waals surface area contributed by atoms with Crippen molar-refractivity contribution in [2.75, 3.05) is 11.9 Å². The van der Waals surface area contributed by atoms with Crippen LogP contribution in [0.5, 0.6) is 0 Å². The molecule has 1 unspecified atom stereocenters. The first-order valence-electron chi connectivity index (χ1n) is 5.92. The van der Waals surface area contributed by atoms with Crippen LogP contribution in [0.4, 0.5) is 5.69 Å². The fraction of sp³-hybridized carbons (Fsp3) is 0.385. The molecule has 0 aliphatic carbocycles. The highest BCUT2D eigenvalue weighted by molar-refractivity contribution is 6.00. The summed E-state index contributed by atoms with van der Waals surface area (Å²) in [6.07, 6.45) is 1.22. The van der Waals surface area contributed by atoms with Gasteiger partial charge in [0.05, 0.1) is 6.42 Å². The molecule has 5 heteroatoms. The zero-order valence-electron chi connectivity index (χ0n) is 10.3. The lowest BCUT2D eigenvalue weighted by Gasteiger charge is -2.14. The van der Waals surface area contributed by atoms with E-state index in [2.05, 4.69) is 0 Å². The molecule has 1 aliphatic rings. The molecule has 2 amide bonds. The molecule has 1 atom stereocenters. The van der Waals surface area contributed by atoms with Crippen LogP contribution in [0.3, 0.4) is 0 Å². The van der Waals surface area contributed by atoms with Gasteiger partial charge in [-0.2, -0.15) is 0 Å². The Labute approximate surface area is 106 Å². The summed E-state index contributed by atoms with van der Waals surface area (Å²) in [4.78, 5) is 23.9. The van der Waals surface area contributed by atoms with Gasteiger partial charge in [0.25, 0.3) is 0 Å². The highest BCUT2D eigenvalue weighted by atomic mass is 16.2. The van der Waals surface area contributed by atoms with Gasteiger partial charge in [-0.05, 0) is 23.6 Å². The van der Waals surface area contributed by atoms with E-state index < -0.39 is 0 Å². The molecule has 0 fully saturated rings. The first-order valence-corrected chi connectivity index (χ1v) is 5.92. The number of rotatable bonds is 4. The van der Waals surface area contributed by atoms with Gasteiger partial charge in [0.15, 0.2) is 0 Å². The molecule has 1 heterocycles. The van der Waals surface area contributed by atoms with Crippen LogP contribution < -0.4 is 16.4 Å². The smallest absolute Gasteiger partial charge is 0.231 e. The summed E-state index contributed by atoms with van der Waals surface area (Å²) in [5.74, 6) is -0.255. The summed E-state index contributed by atoms with van der Waals surface area (Å²) < 4.78 is 0. The van der Waals surface area contributed by atoms with Crippen LogP contribution in [0, 0.1) is 0 Å². The molecule has 0 bridgehead atoms. The van der Waals surface area contributed by atoms with Crippen LogP contribution in [0.1, 0.15) is 30.0 Å². The Kier molecular flexibility index (Phi) is 3.34. The van der Waals surface area contributed by atoms with Crippen LogP contribution in [0.2, 0.25) is 0 Å². The minimum absolute atomic E-state index is 0.0906. The van der Waals surface area contributed by atoms with Gasteiger partial charge in [-0.25, -0.2) is 0 Å². The van der Waals surface area contributed by atoms with Crippen molar-refractivity contribution in [2.24, 2.45) is 11.5 Å². The van der Waals surface area contributed by atoms with Crippen molar-refractivity contribution in [1.29, 1.82) is 0 Å². The summed E-state index contributed by atoms with van der Waals surface area (Å²) in [5, 5.41) is 0. The first-order chi connectivity index (χ1) is 8.49. The molecule has 1 aliphatic heterocycles. The number of anilines is 1. The normalized spacial score (nSPS) is 15.7. The monoisotopic (exact) mass is 247 g/mol. The highest BCUT2D eigenvalue weighted by Crippen LogP contribution is 2.30. The molecule has 96 valence electrons. The average Bonchev–Trinajstić information content (AvgIpc) is 2.61. The molecule has 0 aromatic heterocycles. The Balaban J connectivity index is 2.15. The number of hydrogen-bond acceptors (Lipinski definition) is 3. The van der Waals surface area contributed by atoms with Crippen molar-refractivity contribution in [3.05, 3.63) is 29.3 Å². The number of benzene rings is 1. The summed E-state index contributed by atoms with van der Waals surface area (Å²) in [7, 11) is 1.76. The van der Waals surface area contributed by atoms with Gasteiger partial charge >= 0.3 is 0 Å². The van der Waals surface area contributed by atoms with Crippen molar-refractivity contribution >= 4 is 17.5 Å². The molecule has 0 saturated carbocycles. The summed E-state index contributed by atoms with van der Waals surface area (Å²) in [6.45, 7) is 0. The molecule has 2 rings (SSSR count). The lowest BCUT2D eigenvalue weighted by atomic mass is 9.99. The topological polar surface area (TPSA) is 89.4 Å². The molecular formula is C13H17N3O2. The fourth-order valence-corrected chi connectivity index (χ4v) is 2.19. The molecule has 0 saturated heterocycles. The van der Waals surface area contributed by atoms with Crippen molar-refractivity contribution in [1.82, 2.24) is 0 Å². The Bertz CT molecular complexity index is 499. The van der Waals surface area contributed by atoms with E-state index in [4.69, 9.17) is 11.5 Å². The lowest BCUT2D eigenvalue weighted by molar-refractivity contribution is -0.118. The molecule has 18 heavy (non-hydrogen) atoms. The Morgan fingerprint density at radius 1 is 1.50 bits per heavy atom. The van der Waals surface area contributed by atoms with Crippen LogP contribution in [0.15, 0.2) is 18.2 Å². The standard InChI is InChI=1S/C13H17N3O2/c1-16-11-4-2-8(6-9(11)7-13(16)18)10(14)3-5-12(15)17/h2,4,6,10H,3,5,7,14H2,1H3,(H2,15,17). The van der Waals surface area contributed by atoms with E-state index in [1.807, 2.05) is 18.2 Å². The maximum atomic E-state index is 11.6. The third-order valence-electron chi connectivity index (χ3n) is 3.31. The van der Waals surface area contributed by atoms with E-state index in [9.17, 15) is 9.59 Å². The number of amides is 2. The van der Waals surface area contributed by atoms with Gasteiger partial charge < -0.3 is 16.4 Å². The van der Waals surface area contributed by atoms with Crippen molar-refractivity contribution in [2.45, 2.75) is 25.3 Å². The number of likely N-dealkylation sites (N-methyl/N-ethyl adjacent to an activating group) is 1. The fourth-order valence-electron chi connectivity index (χ4n) is 2.19. The maximum absolute atomic E-state index is 11.6. The van der Waals surface area contributed by atoms with E-state index in [0.717, 1.165) is 16.8 Å². The van der Waals surface area contributed by atoms with Gasteiger partial charge in [-0.3, -0.25) is 9.59 Å². The average molecular weight is 247 g/mol. The SMILES string of the molecule is CN1C(=O)Cc2cc(C(N)CCC(N)=O)ccc21. The van der Waals surface area contributed by atoms with Crippen LogP contribution in [0.25, 0.3) is 0 Å². The predicted octanol–water partition coefficient (Wildman–Crippen LogP) is 0.471. The van der Waals surface area contributed by atoms with Crippen LogP contribution in [-0.2, 0) is 16.0 Å². The quantitative estimate of drug-likeness (QED) is 0.810. The molecule has 1 aromatic carbocycles. The molecule has 0 radical (unpaired) electrons. The van der Waals surface area contributed by atoms with Gasteiger partial charge in [-0.15, -0.1) is 0 Å². The summed E-state index contributed by atoms with van der Waals surface area (Å²) in [5.41, 5.74) is 14.0. The maximum Gasteiger partial charge on any atom is 0.231 e. The minimum Gasteiger partial charge on any atom is -0.370 e. The molecule has 5 nitrogen and oxygen atoms in total. The number of nitrogens with zero attached hydrogens (tertiary/aromatic N) is 1. The molecule has 4 N–H and O–H groups in total. The summed E-state index contributed by atoms with van der Waals surface area (Å²) >= 11 is 0. The molecule has 1 aromatic rings. The molecular weight excluding hydrogens is 230 g/mol. The second kappa shape index (κ2) is 4.78. The number of primary amides is 1. The van der Waals surface area contributed by atoms with E-state index in [1.165, 1.54) is 0 Å². The third kappa shape index (κ3) is 2.36. The summed E-state index contributed by atoms with van der Waals surface area (Å²) in [6, 6.07) is 5.53.